The van der Waals surface area contributed by atoms with E-state index < -0.39 is 5.60 Å². The van der Waals surface area contributed by atoms with Gasteiger partial charge in [-0.25, -0.2) is 4.98 Å². The summed E-state index contributed by atoms with van der Waals surface area (Å²) in [5.74, 6) is -0.284. The number of nitrogens with one attached hydrogen (secondary N) is 1. The van der Waals surface area contributed by atoms with Crippen LogP contribution in [0.25, 0.3) is 0 Å². The molecule has 1 aromatic heterocycles. The van der Waals surface area contributed by atoms with Crippen molar-refractivity contribution in [2.75, 3.05) is 26.9 Å². The minimum absolute atomic E-state index is 0.282. The molecule has 1 aliphatic rings. The third-order valence-corrected chi connectivity index (χ3v) is 3.20. The van der Waals surface area contributed by atoms with Gasteiger partial charge in [0, 0.05) is 32.9 Å². The van der Waals surface area contributed by atoms with Crippen LogP contribution in [0, 0.1) is 11.3 Å². The van der Waals surface area contributed by atoms with E-state index in [4.69, 9.17) is 14.7 Å². The molecule has 2 heterocycles. The fraction of sp³-hybridized carbons (Fsp3) is 0.462. The molecule has 6 heteroatoms. The van der Waals surface area contributed by atoms with Gasteiger partial charge in [0.2, 0.25) is 0 Å². The van der Waals surface area contributed by atoms with Gasteiger partial charge in [0.15, 0.2) is 0 Å². The van der Waals surface area contributed by atoms with Gasteiger partial charge in [0.1, 0.15) is 17.4 Å². The fourth-order valence-electron chi connectivity index (χ4n) is 1.89. The molecule has 1 amide bonds. The van der Waals surface area contributed by atoms with E-state index in [1.807, 2.05) is 6.07 Å². The molecule has 6 nitrogen and oxygen atoms in total. The number of hydrogen-bond acceptors (Lipinski definition) is 5. The van der Waals surface area contributed by atoms with Crippen LogP contribution in [-0.2, 0) is 9.47 Å². The molecule has 1 saturated heterocycles. The highest BCUT2D eigenvalue weighted by molar-refractivity contribution is 5.92. The highest BCUT2D eigenvalue weighted by Gasteiger charge is 2.35. The van der Waals surface area contributed by atoms with Crippen LogP contribution in [0.4, 0.5) is 0 Å². The minimum Gasteiger partial charge on any atom is -0.378 e. The van der Waals surface area contributed by atoms with Gasteiger partial charge in [0.05, 0.1) is 12.2 Å². The molecular weight excluding hydrogens is 246 g/mol. The van der Waals surface area contributed by atoms with Crippen molar-refractivity contribution in [2.24, 2.45) is 0 Å². The second-order valence-corrected chi connectivity index (χ2v) is 4.42. The van der Waals surface area contributed by atoms with Crippen molar-refractivity contribution in [2.45, 2.75) is 12.0 Å². The van der Waals surface area contributed by atoms with Gasteiger partial charge in [-0.05, 0) is 12.1 Å². The Bertz CT molecular complexity index is 487. The van der Waals surface area contributed by atoms with Gasteiger partial charge in [0.25, 0.3) is 5.91 Å². The Balaban J connectivity index is 1.95. The number of aromatic nitrogens is 1. The number of rotatable bonds is 4. The smallest absolute Gasteiger partial charge is 0.269 e. The maximum atomic E-state index is 11.9. The molecule has 0 radical (unpaired) electrons. The number of nitriles is 1. The van der Waals surface area contributed by atoms with Crippen LogP contribution in [-0.4, -0.2) is 43.4 Å². The third-order valence-electron chi connectivity index (χ3n) is 3.20. The summed E-state index contributed by atoms with van der Waals surface area (Å²) in [7, 11) is 1.61. The van der Waals surface area contributed by atoms with Crippen LogP contribution < -0.4 is 5.32 Å². The fourth-order valence-corrected chi connectivity index (χ4v) is 1.89. The Morgan fingerprint density at radius 1 is 1.68 bits per heavy atom. The van der Waals surface area contributed by atoms with Crippen LogP contribution in [0.2, 0.25) is 0 Å². The molecular formula is C13H15N3O3. The summed E-state index contributed by atoms with van der Waals surface area (Å²) in [5.41, 5.74) is 0.265. The SMILES string of the molecule is COC1(CNC(=O)c2ccc(C#N)cn2)CCOC1. The lowest BCUT2D eigenvalue weighted by atomic mass is 10.0. The monoisotopic (exact) mass is 261 g/mol. The van der Waals surface area contributed by atoms with Crippen molar-refractivity contribution in [1.82, 2.24) is 10.3 Å². The lowest BCUT2D eigenvalue weighted by molar-refractivity contribution is -0.0149. The normalized spacial score (nSPS) is 21.9. The maximum Gasteiger partial charge on any atom is 0.269 e. The molecule has 100 valence electrons. The van der Waals surface area contributed by atoms with Crippen molar-refractivity contribution in [3.05, 3.63) is 29.6 Å². The molecule has 0 saturated carbocycles. The number of nitrogens with zero attached hydrogens (tertiary/aromatic N) is 2. The molecule has 1 N–H and O–H groups in total. The average molecular weight is 261 g/mol. The van der Waals surface area contributed by atoms with Crippen LogP contribution in [0.3, 0.4) is 0 Å². The molecule has 1 aromatic rings. The Hall–Kier alpha value is -1.97. The molecule has 0 bridgehead atoms. The molecule has 1 fully saturated rings. The van der Waals surface area contributed by atoms with Gasteiger partial charge in [-0.3, -0.25) is 4.79 Å². The lowest BCUT2D eigenvalue weighted by Gasteiger charge is -2.25. The highest BCUT2D eigenvalue weighted by Crippen LogP contribution is 2.21. The van der Waals surface area contributed by atoms with Crippen molar-refractivity contribution in [3.8, 4) is 6.07 Å². The number of pyridine rings is 1. The van der Waals surface area contributed by atoms with Gasteiger partial charge in [-0.15, -0.1) is 0 Å². The van der Waals surface area contributed by atoms with Gasteiger partial charge >= 0.3 is 0 Å². The first-order chi connectivity index (χ1) is 9.19. The summed E-state index contributed by atoms with van der Waals surface area (Å²) in [6.45, 7) is 1.49. The molecule has 19 heavy (non-hydrogen) atoms. The largest absolute Gasteiger partial charge is 0.378 e. The van der Waals surface area contributed by atoms with Crippen LogP contribution >= 0.6 is 0 Å². The number of amides is 1. The Kier molecular flexibility index (Phi) is 4.10. The molecule has 1 unspecified atom stereocenters. The Labute approximate surface area is 111 Å². The first kappa shape index (κ1) is 13.5. The van der Waals surface area contributed by atoms with Gasteiger partial charge < -0.3 is 14.8 Å². The van der Waals surface area contributed by atoms with Crippen molar-refractivity contribution in [1.29, 1.82) is 5.26 Å². The number of hydrogen-bond donors (Lipinski definition) is 1. The highest BCUT2D eigenvalue weighted by atomic mass is 16.5. The predicted molar refractivity (Wildman–Crippen MR) is 66.5 cm³/mol. The summed E-state index contributed by atoms with van der Waals surface area (Å²) in [4.78, 5) is 15.8. The Morgan fingerprint density at radius 3 is 3.05 bits per heavy atom. The van der Waals surface area contributed by atoms with E-state index in [2.05, 4.69) is 10.3 Å². The second-order valence-electron chi connectivity index (χ2n) is 4.42. The average Bonchev–Trinajstić information content (AvgIpc) is 2.94. The molecule has 0 aromatic carbocycles. The van der Waals surface area contributed by atoms with Gasteiger partial charge in [-0.1, -0.05) is 0 Å². The first-order valence-electron chi connectivity index (χ1n) is 5.96. The van der Waals surface area contributed by atoms with E-state index in [-0.39, 0.29) is 11.6 Å². The van der Waals surface area contributed by atoms with E-state index in [1.54, 1.807) is 13.2 Å². The van der Waals surface area contributed by atoms with E-state index in [9.17, 15) is 4.79 Å². The summed E-state index contributed by atoms with van der Waals surface area (Å²) in [5, 5.41) is 11.4. The number of carbonyl (C=O) groups excluding carboxylic acids is 1. The minimum atomic E-state index is -0.442. The molecule has 0 aliphatic carbocycles. The van der Waals surface area contributed by atoms with E-state index in [1.165, 1.54) is 12.3 Å². The topological polar surface area (TPSA) is 84.2 Å². The summed E-state index contributed by atoms with van der Waals surface area (Å²) in [6.07, 6.45) is 2.13. The zero-order chi connectivity index (χ0) is 13.7. The van der Waals surface area contributed by atoms with Crippen molar-refractivity contribution < 1.29 is 14.3 Å². The zero-order valence-corrected chi connectivity index (χ0v) is 10.7. The lowest BCUT2D eigenvalue weighted by Crippen LogP contribution is -2.45. The van der Waals surface area contributed by atoms with Crippen molar-refractivity contribution in [3.63, 3.8) is 0 Å². The maximum absolute atomic E-state index is 11.9. The van der Waals surface area contributed by atoms with Crippen LogP contribution in [0.1, 0.15) is 22.5 Å². The summed E-state index contributed by atoms with van der Waals surface area (Å²) < 4.78 is 10.7. The van der Waals surface area contributed by atoms with E-state index in [0.29, 0.717) is 25.3 Å². The number of carbonyl (C=O) groups is 1. The molecule has 1 aliphatic heterocycles. The standard InChI is InChI=1S/C13H15N3O3/c1-18-13(4-5-19-9-13)8-16-12(17)11-3-2-10(6-14)7-15-11/h2-3,7H,4-5,8-9H2,1H3,(H,16,17). The van der Waals surface area contributed by atoms with Crippen LogP contribution in [0.5, 0.6) is 0 Å². The summed E-state index contributed by atoms with van der Waals surface area (Å²) in [6, 6.07) is 5.04. The number of ether oxygens (including phenoxy) is 2. The predicted octanol–water partition coefficient (Wildman–Crippen LogP) is 0.489. The van der Waals surface area contributed by atoms with Crippen molar-refractivity contribution >= 4 is 5.91 Å². The van der Waals surface area contributed by atoms with Gasteiger partial charge in [-0.2, -0.15) is 5.26 Å². The third kappa shape index (κ3) is 3.08. The van der Waals surface area contributed by atoms with E-state index >= 15 is 0 Å². The second kappa shape index (κ2) is 5.78. The van der Waals surface area contributed by atoms with Crippen LogP contribution in [0.15, 0.2) is 18.3 Å². The molecule has 2 rings (SSSR count). The quantitative estimate of drug-likeness (QED) is 0.852. The number of methoxy groups -OCH3 is 1. The summed E-state index contributed by atoms with van der Waals surface area (Å²) >= 11 is 0. The Morgan fingerprint density at radius 2 is 2.53 bits per heavy atom. The molecule has 1 atom stereocenters. The zero-order valence-electron chi connectivity index (χ0n) is 10.7. The molecule has 0 spiro atoms. The first-order valence-corrected chi connectivity index (χ1v) is 5.96. The van der Waals surface area contributed by atoms with E-state index in [0.717, 1.165) is 6.42 Å².